The molecule has 0 unspecified atom stereocenters. The van der Waals surface area contributed by atoms with E-state index in [0.29, 0.717) is 16.8 Å². The fourth-order valence-electron chi connectivity index (χ4n) is 2.39. The summed E-state index contributed by atoms with van der Waals surface area (Å²) in [6.45, 7) is 0.148. The molecule has 7 nitrogen and oxygen atoms in total. The lowest BCUT2D eigenvalue weighted by molar-refractivity contribution is -0.148. The quantitative estimate of drug-likeness (QED) is 0.539. The second-order valence-electron chi connectivity index (χ2n) is 5.58. The number of nitrogens with zero attached hydrogens (tertiary/aromatic N) is 1. The first-order chi connectivity index (χ1) is 11.9. The molecule has 1 fully saturated rings. The zero-order valence-electron chi connectivity index (χ0n) is 13.2. The van der Waals surface area contributed by atoms with Crippen LogP contribution in [0.15, 0.2) is 36.4 Å². The number of hydrogen-bond acceptors (Lipinski definition) is 6. The third-order valence-corrected chi connectivity index (χ3v) is 3.77. The number of esters is 1. The van der Waals surface area contributed by atoms with Crippen LogP contribution < -0.4 is 11.5 Å². The van der Waals surface area contributed by atoms with Gasteiger partial charge in [-0.1, -0.05) is 24.0 Å². The smallest absolute Gasteiger partial charge is 0.351 e. The maximum absolute atomic E-state index is 11.5. The van der Waals surface area contributed by atoms with E-state index in [-0.39, 0.29) is 24.4 Å². The topological polar surface area (TPSA) is 129 Å². The molecule has 1 aromatic heterocycles. The van der Waals surface area contributed by atoms with E-state index in [2.05, 4.69) is 16.8 Å². The van der Waals surface area contributed by atoms with E-state index >= 15 is 0 Å². The number of pyridine rings is 1. The van der Waals surface area contributed by atoms with Crippen LogP contribution in [0.3, 0.4) is 0 Å². The second-order valence-corrected chi connectivity index (χ2v) is 5.58. The highest BCUT2D eigenvalue weighted by Crippen LogP contribution is 2.22. The minimum absolute atomic E-state index is 0.00278. The maximum atomic E-state index is 11.5. The summed E-state index contributed by atoms with van der Waals surface area (Å²) in [5.41, 5.74) is 11.1. The van der Waals surface area contributed by atoms with E-state index in [0.717, 1.165) is 0 Å². The Hall–Kier alpha value is -3.37. The van der Waals surface area contributed by atoms with Crippen LogP contribution in [0.5, 0.6) is 0 Å². The van der Waals surface area contributed by atoms with Crippen molar-refractivity contribution in [2.24, 2.45) is 5.73 Å². The van der Waals surface area contributed by atoms with Gasteiger partial charge in [0, 0.05) is 17.5 Å². The Kier molecular flexibility index (Phi) is 4.13. The Labute approximate surface area is 143 Å². The first-order valence-corrected chi connectivity index (χ1v) is 7.48. The number of rotatable bonds is 2. The van der Waals surface area contributed by atoms with Crippen molar-refractivity contribution in [1.29, 1.82) is 0 Å². The summed E-state index contributed by atoms with van der Waals surface area (Å²) in [5.74, 6) is 3.88. The lowest BCUT2D eigenvalue weighted by Gasteiger charge is -2.08. The number of aliphatic hydroxyl groups is 1. The SMILES string of the molecule is NC(=O)c1nc(-c2cccc(C#C[C@@]3(O)CCOC3=O)c2)ccc1N. The number of primary amides is 1. The fourth-order valence-corrected chi connectivity index (χ4v) is 2.39. The second kappa shape index (κ2) is 6.26. The highest BCUT2D eigenvalue weighted by Gasteiger charge is 2.41. The first-order valence-electron chi connectivity index (χ1n) is 7.48. The normalized spacial score (nSPS) is 19.0. The predicted octanol–water partition coefficient (Wildman–Crippen LogP) is 0.459. The number of carbonyl (C=O) groups excluding carboxylic acids is 2. The van der Waals surface area contributed by atoms with E-state index in [1.165, 1.54) is 0 Å². The molecule has 0 aliphatic carbocycles. The van der Waals surface area contributed by atoms with Crippen molar-refractivity contribution in [1.82, 2.24) is 4.98 Å². The Balaban J connectivity index is 1.94. The third-order valence-electron chi connectivity index (χ3n) is 3.77. The number of cyclic esters (lactones) is 1. The zero-order valence-corrected chi connectivity index (χ0v) is 13.2. The molecular formula is C18H15N3O4. The molecular weight excluding hydrogens is 322 g/mol. The van der Waals surface area contributed by atoms with Gasteiger partial charge in [-0.3, -0.25) is 4.79 Å². The van der Waals surface area contributed by atoms with Crippen molar-refractivity contribution in [3.63, 3.8) is 0 Å². The van der Waals surface area contributed by atoms with Gasteiger partial charge in [-0.15, -0.1) is 0 Å². The van der Waals surface area contributed by atoms with E-state index in [4.69, 9.17) is 16.2 Å². The van der Waals surface area contributed by atoms with E-state index in [1.807, 2.05) is 0 Å². The number of hydrogen-bond donors (Lipinski definition) is 3. The summed E-state index contributed by atoms with van der Waals surface area (Å²) in [5, 5.41) is 10.1. The number of ether oxygens (including phenoxy) is 1. The Morgan fingerprint density at radius 3 is 2.80 bits per heavy atom. The minimum Gasteiger partial charge on any atom is -0.463 e. The molecule has 0 spiro atoms. The van der Waals surface area contributed by atoms with E-state index in [1.54, 1.807) is 36.4 Å². The van der Waals surface area contributed by atoms with Crippen LogP contribution in [-0.4, -0.2) is 34.2 Å². The van der Waals surface area contributed by atoms with Crippen molar-refractivity contribution < 1.29 is 19.4 Å². The van der Waals surface area contributed by atoms with E-state index in [9.17, 15) is 14.7 Å². The number of benzene rings is 1. The molecule has 0 saturated carbocycles. The van der Waals surface area contributed by atoms with Gasteiger partial charge in [-0.05, 0) is 24.3 Å². The zero-order chi connectivity index (χ0) is 18.0. The molecule has 3 rings (SSSR count). The molecule has 7 heteroatoms. The molecule has 25 heavy (non-hydrogen) atoms. The van der Waals surface area contributed by atoms with Gasteiger partial charge in [0.2, 0.25) is 5.60 Å². The van der Waals surface area contributed by atoms with Crippen molar-refractivity contribution >= 4 is 17.6 Å². The highest BCUT2D eigenvalue weighted by atomic mass is 16.6. The minimum atomic E-state index is -1.77. The molecule has 1 saturated heterocycles. The van der Waals surface area contributed by atoms with Gasteiger partial charge in [-0.25, -0.2) is 9.78 Å². The number of nitrogens with two attached hydrogens (primary N) is 2. The van der Waals surface area contributed by atoms with E-state index < -0.39 is 17.5 Å². The average molecular weight is 337 g/mol. The van der Waals surface area contributed by atoms with Crippen LogP contribution in [0.2, 0.25) is 0 Å². The van der Waals surface area contributed by atoms with Gasteiger partial charge >= 0.3 is 5.97 Å². The number of carbonyl (C=O) groups is 2. The molecule has 1 aliphatic heterocycles. The van der Waals surface area contributed by atoms with Crippen LogP contribution in [0.1, 0.15) is 22.5 Å². The molecule has 126 valence electrons. The summed E-state index contributed by atoms with van der Waals surface area (Å²) in [4.78, 5) is 27.0. The Morgan fingerprint density at radius 1 is 1.32 bits per heavy atom. The molecule has 1 aliphatic rings. The van der Waals surface area contributed by atoms with Crippen LogP contribution >= 0.6 is 0 Å². The largest absolute Gasteiger partial charge is 0.463 e. The van der Waals surface area contributed by atoms with Crippen molar-refractivity contribution in [2.75, 3.05) is 12.3 Å². The van der Waals surface area contributed by atoms with Gasteiger partial charge in [0.25, 0.3) is 5.91 Å². The fraction of sp³-hybridized carbons (Fsp3) is 0.167. The highest BCUT2D eigenvalue weighted by molar-refractivity contribution is 5.96. The summed E-state index contributed by atoms with van der Waals surface area (Å²) < 4.78 is 4.74. The summed E-state index contributed by atoms with van der Waals surface area (Å²) in [6, 6.07) is 10.2. The molecule has 1 atom stereocenters. The molecule has 0 radical (unpaired) electrons. The number of anilines is 1. The molecule has 0 bridgehead atoms. The molecule has 5 N–H and O–H groups in total. The van der Waals surface area contributed by atoms with Crippen LogP contribution in [0, 0.1) is 11.8 Å². The lowest BCUT2D eigenvalue weighted by Crippen LogP contribution is -2.31. The Bertz CT molecular complexity index is 929. The summed E-state index contributed by atoms with van der Waals surface area (Å²) in [6.07, 6.45) is 0.139. The predicted molar refractivity (Wildman–Crippen MR) is 90.0 cm³/mol. The standard InChI is InChI=1S/C18H15N3O4/c19-13-4-5-14(21-15(13)16(20)22)12-3-1-2-11(10-12)6-7-18(24)8-9-25-17(18)23/h1-5,10,24H,8-9,19H2,(H2,20,22)/t18-/m1/s1. The Morgan fingerprint density at radius 2 is 2.12 bits per heavy atom. The van der Waals surface area contributed by atoms with Crippen LogP contribution in [0.4, 0.5) is 5.69 Å². The summed E-state index contributed by atoms with van der Waals surface area (Å²) in [7, 11) is 0. The first kappa shape index (κ1) is 16.5. The van der Waals surface area contributed by atoms with Crippen LogP contribution in [-0.2, 0) is 9.53 Å². The monoisotopic (exact) mass is 337 g/mol. The van der Waals surface area contributed by atoms with Crippen molar-refractivity contribution in [3.8, 4) is 23.1 Å². The van der Waals surface area contributed by atoms with Gasteiger partial charge in [-0.2, -0.15) is 0 Å². The number of aromatic nitrogens is 1. The van der Waals surface area contributed by atoms with Gasteiger partial charge in [0.05, 0.1) is 18.0 Å². The number of nitrogen functional groups attached to an aromatic ring is 1. The van der Waals surface area contributed by atoms with Crippen molar-refractivity contribution in [2.45, 2.75) is 12.0 Å². The molecule has 1 aromatic carbocycles. The van der Waals surface area contributed by atoms with Gasteiger partial charge in [0.1, 0.15) is 0 Å². The maximum Gasteiger partial charge on any atom is 0.351 e. The van der Waals surface area contributed by atoms with Crippen molar-refractivity contribution in [3.05, 3.63) is 47.7 Å². The molecule has 2 aromatic rings. The van der Waals surface area contributed by atoms with Gasteiger partial charge in [0.15, 0.2) is 5.69 Å². The lowest BCUT2D eigenvalue weighted by atomic mass is 10.0. The summed E-state index contributed by atoms with van der Waals surface area (Å²) >= 11 is 0. The number of amides is 1. The van der Waals surface area contributed by atoms with Gasteiger partial charge < -0.3 is 21.3 Å². The van der Waals surface area contributed by atoms with Crippen LogP contribution in [0.25, 0.3) is 11.3 Å². The average Bonchev–Trinajstić information content (AvgIpc) is 2.93. The molecule has 1 amide bonds. The third kappa shape index (κ3) is 3.29. The molecule has 2 heterocycles.